The largest absolute Gasteiger partial charge is 0.481 e. The molecule has 464 valence electrons. The van der Waals surface area contributed by atoms with Crippen molar-refractivity contribution in [2.24, 2.45) is 0 Å². The molecule has 77 heavy (non-hydrogen) atoms. The molecule has 0 aliphatic carbocycles. The van der Waals surface area contributed by atoms with Gasteiger partial charge in [0.15, 0.2) is 0 Å². The first-order valence-electron chi connectivity index (χ1n) is 30.7. The molecule has 0 atom stereocenters. The minimum Gasteiger partial charge on any atom is -0.481 e. The van der Waals surface area contributed by atoms with Crippen molar-refractivity contribution in [3.63, 3.8) is 0 Å². The maximum absolute atomic E-state index is 10.1. The van der Waals surface area contributed by atoms with E-state index in [1.165, 1.54) is 193 Å². The molecule has 0 aromatic heterocycles. The van der Waals surface area contributed by atoms with Gasteiger partial charge in [-0.15, -0.1) is 0 Å². The lowest BCUT2D eigenvalue weighted by Crippen LogP contribution is -1.93. The quantitative estimate of drug-likeness (QED) is 0.0202. The molecule has 0 unspecified atom stereocenters. The van der Waals surface area contributed by atoms with Gasteiger partial charge in [0.05, 0.1) is 0 Å². The minimum atomic E-state index is -4.64. The van der Waals surface area contributed by atoms with Crippen LogP contribution in [-0.2, 0) is 33.3 Å². The number of hydrogen-bond acceptors (Lipinski definition) is 7. The normalized spacial score (nSPS) is 10.2. The molecular weight excluding hydrogens is 1010 g/mol. The van der Waals surface area contributed by atoms with Crippen LogP contribution in [-0.4, -0.2) is 81.1 Å². The molecule has 0 amide bonds. The molecule has 0 spiro atoms. The second-order valence-electron chi connectivity index (χ2n) is 20.1. The van der Waals surface area contributed by atoms with Crippen LogP contribution in [0.25, 0.3) is 0 Å². The number of phosphoric acid groups is 1. The van der Waals surface area contributed by atoms with Gasteiger partial charge in [-0.05, 0) is 38.5 Å². The summed E-state index contributed by atoms with van der Waals surface area (Å²) in [7, 11) is -4.64. The fourth-order valence-electron chi connectivity index (χ4n) is 7.40. The Morgan fingerprint density at radius 3 is 0.364 bits per heavy atom. The number of unbranched alkanes of at least 4 members (excludes halogenated alkanes) is 36. The maximum atomic E-state index is 10.1. The zero-order valence-electron chi connectivity index (χ0n) is 50.3. The topological polar surface area (TPSA) is 302 Å². The summed E-state index contributed by atoms with van der Waals surface area (Å²) in [5.74, 6) is -3.98. The lowest BCUT2D eigenvalue weighted by Gasteiger charge is -1.98. The first kappa shape index (κ1) is 87.8. The van der Waals surface area contributed by atoms with E-state index in [1.807, 2.05) is 0 Å². The predicted octanol–water partition coefficient (Wildman–Crippen LogP) is 18.3. The molecule has 9 N–H and O–H groups in total. The van der Waals surface area contributed by atoms with Crippen molar-refractivity contribution in [2.75, 3.05) is 0 Å². The SMILES string of the molecule is CCCCCCCCCC(=O)O.CCCCCCCCCC(=O)O.CCCCCCCCCC(=O)O.CCCCCCCCCC(=O)O.CCCCCCCCCC(=O)O.CCCCCCCCCC(=O)O.O=P(O)(O)O. The summed E-state index contributed by atoms with van der Waals surface area (Å²) in [6, 6.07) is 0. The van der Waals surface area contributed by atoms with Crippen molar-refractivity contribution in [1.29, 1.82) is 0 Å². The molecule has 0 saturated carbocycles. The second-order valence-corrected chi connectivity index (χ2v) is 21.1. The number of aliphatic carboxylic acids is 6. The highest BCUT2D eigenvalue weighted by Crippen LogP contribution is 2.26. The molecule has 0 aliphatic heterocycles. The Morgan fingerprint density at radius 1 is 0.208 bits per heavy atom. The Morgan fingerprint density at radius 2 is 0.286 bits per heavy atom. The molecule has 17 heteroatoms. The highest BCUT2D eigenvalue weighted by Gasteiger charge is 2.02. The first-order valence-corrected chi connectivity index (χ1v) is 32.3. The van der Waals surface area contributed by atoms with Gasteiger partial charge in [0.2, 0.25) is 0 Å². The molecule has 0 radical (unpaired) electrons. The Labute approximate surface area is 470 Å². The average molecular weight is 1130 g/mol. The third-order valence-corrected chi connectivity index (χ3v) is 12.0. The molecule has 0 aromatic rings. The van der Waals surface area contributed by atoms with Gasteiger partial charge in [0.1, 0.15) is 0 Å². The van der Waals surface area contributed by atoms with E-state index >= 15 is 0 Å². The van der Waals surface area contributed by atoms with Crippen LogP contribution in [0.3, 0.4) is 0 Å². The van der Waals surface area contributed by atoms with Crippen LogP contribution >= 0.6 is 7.82 Å². The molecular formula is C60H123O16P. The highest BCUT2D eigenvalue weighted by atomic mass is 31.2. The van der Waals surface area contributed by atoms with Gasteiger partial charge in [-0.1, -0.05) is 273 Å². The number of rotatable bonds is 48. The minimum absolute atomic E-state index is 0.341. The van der Waals surface area contributed by atoms with Gasteiger partial charge in [-0.2, -0.15) is 0 Å². The van der Waals surface area contributed by atoms with Crippen LogP contribution in [0.5, 0.6) is 0 Å². The average Bonchev–Trinajstić information content (AvgIpc) is 3.35. The molecule has 0 aromatic carbocycles. The van der Waals surface area contributed by atoms with Crippen LogP contribution in [0.4, 0.5) is 0 Å². The van der Waals surface area contributed by atoms with Crippen molar-refractivity contribution < 1.29 is 78.7 Å². The number of carbonyl (C=O) groups is 6. The Balaban J connectivity index is -0.000000150. The van der Waals surface area contributed by atoms with E-state index in [4.69, 9.17) is 49.9 Å². The molecule has 0 rings (SSSR count). The number of carboxylic acids is 6. The van der Waals surface area contributed by atoms with Crippen LogP contribution in [0.2, 0.25) is 0 Å². The maximum Gasteiger partial charge on any atom is 0.466 e. The zero-order chi connectivity index (χ0) is 59.9. The van der Waals surface area contributed by atoms with Crippen LogP contribution in [0.1, 0.15) is 350 Å². The molecule has 16 nitrogen and oxygen atoms in total. The van der Waals surface area contributed by atoms with E-state index in [2.05, 4.69) is 41.5 Å². The summed E-state index contributed by atoms with van der Waals surface area (Å²) in [5.41, 5.74) is 0. The lowest BCUT2D eigenvalue weighted by molar-refractivity contribution is -0.138. The fourth-order valence-corrected chi connectivity index (χ4v) is 7.40. The third kappa shape index (κ3) is 141. The smallest absolute Gasteiger partial charge is 0.466 e. The number of hydrogen-bond donors (Lipinski definition) is 9. The van der Waals surface area contributed by atoms with E-state index in [1.54, 1.807) is 0 Å². The Kier molecular flexibility index (Phi) is 90.5. The Bertz CT molecular complexity index is 1030. The number of carboxylic acid groups (broad SMARTS) is 6. The molecule has 0 heterocycles. The summed E-state index contributed by atoms with van der Waals surface area (Å²) >= 11 is 0. The summed E-state index contributed by atoms with van der Waals surface area (Å²) in [5, 5.41) is 50.1. The van der Waals surface area contributed by atoms with Gasteiger partial charge in [0, 0.05) is 38.5 Å². The van der Waals surface area contributed by atoms with Crippen molar-refractivity contribution in [3.05, 3.63) is 0 Å². The van der Waals surface area contributed by atoms with Gasteiger partial charge >= 0.3 is 43.6 Å². The first-order chi connectivity index (χ1) is 36.6. The van der Waals surface area contributed by atoms with Gasteiger partial charge in [-0.3, -0.25) is 28.8 Å². The van der Waals surface area contributed by atoms with E-state index in [0.717, 1.165) is 77.0 Å². The highest BCUT2D eigenvalue weighted by molar-refractivity contribution is 7.45. The van der Waals surface area contributed by atoms with E-state index in [0.29, 0.717) is 38.5 Å². The van der Waals surface area contributed by atoms with Crippen LogP contribution in [0, 0.1) is 0 Å². The predicted molar refractivity (Wildman–Crippen MR) is 316 cm³/mol. The van der Waals surface area contributed by atoms with Crippen molar-refractivity contribution in [3.8, 4) is 0 Å². The molecule has 0 bridgehead atoms. The van der Waals surface area contributed by atoms with Crippen molar-refractivity contribution in [1.82, 2.24) is 0 Å². The molecule has 0 fully saturated rings. The lowest BCUT2D eigenvalue weighted by atomic mass is 10.1. The van der Waals surface area contributed by atoms with Crippen molar-refractivity contribution >= 4 is 43.6 Å². The Hall–Kier alpha value is -3.07. The summed E-state index contributed by atoms with van der Waals surface area (Å²) in [4.78, 5) is 82.4. The van der Waals surface area contributed by atoms with Crippen molar-refractivity contribution in [2.45, 2.75) is 350 Å². The van der Waals surface area contributed by atoms with Gasteiger partial charge in [-0.25, -0.2) is 4.57 Å². The van der Waals surface area contributed by atoms with Gasteiger partial charge < -0.3 is 45.3 Å². The van der Waals surface area contributed by atoms with E-state index in [9.17, 15) is 28.8 Å². The fraction of sp³-hybridized carbons (Fsp3) is 0.900. The van der Waals surface area contributed by atoms with Crippen LogP contribution in [0.15, 0.2) is 0 Å². The third-order valence-electron chi connectivity index (χ3n) is 12.0. The zero-order valence-corrected chi connectivity index (χ0v) is 51.2. The molecule has 0 saturated heterocycles. The summed E-state index contributed by atoms with van der Waals surface area (Å²) in [6.45, 7) is 13.2. The van der Waals surface area contributed by atoms with E-state index in [-0.39, 0.29) is 0 Å². The second kappa shape index (κ2) is 79.4. The standard InChI is InChI=1S/6C10H20O2.H3O4P/c6*1-2-3-4-5-6-7-8-9-10(11)12;1-5(2,3)4/h6*2-9H2,1H3,(H,11,12);(H3,1,2,3,4). The van der Waals surface area contributed by atoms with E-state index < -0.39 is 43.6 Å². The molecule has 0 aliphatic rings. The summed E-state index contributed by atoms with van der Waals surface area (Å²) < 4.78 is 8.88. The monoisotopic (exact) mass is 1130 g/mol. The van der Waals surface area contributed by atoms with Gasteiger partial charge in [0.25, 0.3) is 0 Å². The summed E-state index contributed by atoms with van der Waals surface area (Å²) in [6.07, 6.45) is 51.9. The van der Waals surface area contributed by atoms with Crippen LogP contribution < -0.4 is 0 Å².